The van der Waals surface area contributed by atoms with Crippen LogP contribution in [0.25, 0.3) is 5.69 Å². The van der Waals surface area contributed by atoms with Crippen molar-refractivity contribution in [1.82, 2.24) is 19.6 Å². The van der Waals surface area contributed by atoms with Gasteiger partial charge in [0.1, 0.15) is 11.6 Å². The van der Waals surface area contributed by atoms with Gasteiger partial charge in [0.15, 0.2) is 5.69 Å². The molecule has 2 amide bonds. The van der Waals surface area contributed by atoms with Gasteiger partial charge in [-0.15, -0.1) is 0 Å². The lowest BCUT2D eigenvalue weighted by atomic mass is 10.0. The molecule has 1 fully saturated rings. The zero-order chi connectivity index (χ0) is 24.4. The zero-order valence-corrected chi connectivity index (χ0v) is 20.1. The van der Waals surface area contributed by atoms with Crippen LogP contribution in [0.4, 0.5) is 11.5 Å². The highest BCUT2D eigenvalue weighted by Gasteiger charge is 2.33. The second-order valence-corrected chi connectivity index (χ2v) is 8.96. The van der Waals surface area contributed by atoms with Crippen LogP contribution >= 0.6 is 0 Å². The Morgan fingerprint density at radius 1 is 0.971 bits per heavy atom. The number of amides is 2. The number of methoxy groups -OCH3 is 1. The molecule has 182 valence electrons. The molecule has 3 heterocycles. The minimum Gasteiger partial charge on any atom is -0.497 e. The topological polar surface area (TPSA) is 82.9 Å². The van der Waals surface area contributed by atoms with E-state index in [1.54, 1.807) is 16.7 Å². The number of para-hydroxylation sites is 1. The molecular weight excluding hydrogens is 444 g/mol. The summed E-state index contributed by atoms with van der Waals surface area (Å²) in [5, 5.41) is 7.77. The Balaban J connectivity index is 1.43. The predicted molar refractivity (Wildman–Crippen MR) is 135 cm³/mol. The molecule has 1 aromatic heterocycles. The third-order valence-corrected chi connectivity index (χ3v) is 6.62. The van der Waals surface area contributed by atoms with E-state index < -0.39 is 0 Å². The first-order valence-electron chi connectivity index (χ1n) is 11.9. The molecule has 0 bridgehead atoms. The molecule has 0 aliphatic carbocycles. The zero-order valence-electron chi connectivity index (χ0n) is 20.1. The maximum atomic E-state index is 13.5. The van der Waals surface area contributed by atoms with Crippen molar-refractivity contribution in [2.45, 2.75) is 6.42 Å². The number of rotatable bonds is 6. The lowest BCUT2D eigenvalue weighted by Gasteiger charge is -2.31. The summed E-state index contributed by atoms with van der Waals surface area (Å²) in [6.45, 7) is 4.42. The second-order valence-electron chi connectivity index (χ2n) is 8.96. The Hall–Kier alpha value is -3.69. The standard InChI is InChI=1S/C26H30N6O3/c1-29-14-16-30(17-15-29)18-23(33)27-25-22-12-13-31(19-8-10-21(35-2)11-9-19)26(34)24(22)28-32(25)20-6-4-3-5-7-20/h3-11H,12-18H2,1-2H3,(H,27,33). The normalized spacial score (nSPS) is 16.7. The van der Waals surface area contributed by atoms with E-state index in [0.717, 1.165) is 48.9 Å². The van der Waals surface area contributed by atoms with Crippen LogP contribution in [0.2, 0.25) is 0 Å². The molecule has 0 saturated carbocycles. The Kier molecular flexibility index (Phi) is 6.52. The van der Waals surface area contributed by atoms with Crippen molar-refractivity contribution in [2.24, 2.45) is 0 Å². The van der Waals surface area contributed by atoms with Crippen LogP contribution in [-0.4, -0.2) is 84.8 Å². The first-order chi connectivity index (χ1) is 17.0. The molecule has 0 atom stereocenters. The number of anilines is 2. The molecule has 2 aliphatic heterocycles. The lowest BCUT2D eigenvalue weighted by molar-refractivity contribution is -0.117. The number of likely N-dealkylation sites (N-methyl/N-ethyl adjacent to an activating group) is 1. The van der Waals surface area contributed by atoms with E-state index in [9.17, 15) is 9.59 Å². The number of carbonyl (C=O) groups is 2. The molecular formula is C26H30N6O3. The smallest absolute Gasteiger partial charge is 0.279 e. The first-order valence-corrected chi connectivity index (χ1v) is 11.9. The van der Waals surface area contributed by atoms with Crippen LogP contribution < -0.4 is 15.0 Å². The van der Waals surface area contributed by atoms with Gasteiger partial charge in [-0.05, 0) is 49.9 Å². The summed E-state index contributed by atoms with van der Waals surface area (Å²) in [6.07, 6.45) is 0.587. The maximum Gasteiger partial charge on any atom is 0.279 e. The molecule has 2 aromatic carbocycles. The van der Waals surface area contributed by atoms with Gasteiger partial charge < -0.3 is 19.9 Å². The van der Waals surface area contributed by atoms with Crippen LogP contribution in [0.1, 0.15) is 16.1 Å². The number of hydrogen-bond acceptors (Lipinski definition) is 6. The lowest BCUT2D eigenvalue weighted by Crippen LogP contribution is -2.47. The van der Waals surface area contributed by atoms with Gasteiger partial charge >= 0.3 is 0 Å². The molecule has 0 radical (unpaired) electrons. The summed E-state index contributed by atoms with van der Waals surface area (Å²) in [6, 6.07) is 17.0. The number of aromatic nitrogens is 2. The molecule has 2 aliphatic rings. The van der Waals surface area contributed by atoms with Gasteiger partial charge in [0.25, 0.3) is 5.91 Å². The van der Waals surface area contributed by atoms with Crippen molar-refractivity contribution in [2.75, 3.05) is 63.6 Å². The molecule has 9 heteroatoms. The van der Waals surface area contributed by atoms with E-state index in [1.165, 1.54) is 0 Å². The summed E-state index contributed by atoms with van der Waals surface area (Å²) in [5.74, 6) is 1.03. The Morgan fingerprint density at radius 2 is 1.69 bits per heavy atom. The predicted octanol–water partition coefficient (Wildman–Crippen LogP) is 2.27. The van der Waals surface area contributed by atoms with Crippen molar-refractivity contribution in [1.29, 1.82) is 0 Å². The van der Waals surface area contributed by atoms with Crippen LogP contribution in [0, 0.1) is 0 Å². The summed E-state index contributed by atoms with van der Waals surface area (Å²) in [5.41, 5.74) is 2.72. The quantitative estimate of drug-likeness (QED) is 0.590. The molecule has 0 unspecified atom stereocenters. The van der Waals surface area contributed by atoms with Gasteiger partial charge in [-0.2, -0.15) is 5.10 Å². The number of ether oxygens (including phenoxy) is 1. The fourth-order valence-corrected chi connectivity index (χ4v) is 4.59. The van der Waals surface area contributed by atoms with Gasteiger partial charge in [0.2, 0.25) is 5.91 Å². The SMILES string of the molecule is COc1ccc(N2CCc3c(nn(-c4ccccc4)c3NC(=O)CN3CCN(C)CC3)C2=O)cc1. The van der Waals surface area contributed by atoms with E-state index in [2.05, 4.69) is 27.3 Å². The number of nitrogens with zero attached hydrogens (tertiary/aromatic N) is 5. The van der Waals surface area contributed by atoms with Gasteiger partial charge in [-0.3, -0.25) is 14.5 Å². The van der Waals surface area contributed by atoms with E-state index in [1.807, 2.05) is 54.6 Å². The number of nitrogens with one attached hydrogen (secondary N) is 1. The average Bonchev–Trinajstić information content (AvgIpc) is 3.25. The summed E-state index contributed by atoms with van der Waals surface area (Å²) in [7, 11) is 3.71. The fourth-order valence-electron chi connectivity index (χ4n) is 4.59. The van der Waals surface area contributed by atoms with E-state index in [-0.39, 0.29) is 11.8 Å². The molecule has 5 rings (SSSR count). The Bertz CT molecular complexity index is 1200. The molecule has 1 N–H and O–H groups in total. The van der Waals surface area contributed by atoms with Crippen molar-refractivity contribution < 1.29 is 14.3 Å². The van der Waals surface area contributed by atoms with Crippen LogP contribution in [0.15, 0.2) is 54.6 Å². The third-order valence-electron chi connectivity index (χ3n) is 6.62. The number of benzene rings is 2. The van der Waals surface area contributed by atoms with Gasteiger partial charge in [-0.25, -0.2) is 4.68 Å². The molecule has 35 heavy (non-hydrogen) atoms. The second kappa shape index (κ2) is 9.89. The highest BCUT2D eigenvalue weighted by Crippen LogP contribution is 2.31. The van der Waals surface area contributed by atoms with Crippen molar-refractivity contribution in [3.63, 3.8) is 0 Å². The van der Waals surface area contributed by atoms with E-state index in [0.29, 0.717) is 31.0 Å². The minimum atomic E-state index is -0.180. The maximum absolute atomic E-state index is 13.5. The molecule has 3 aromatic rings. The fraction of sp³-hybridized carbons (Fsp3) is 0.346. The molecule has 1 saturated heterocycles. The first kappa shape index (κ1) is 23.1. The highest BCUT2D eigenvalue weighted by atomic mass is 16.5. The van der Waals surface area contributed by atoms with Crippen molar-refractivity contribution in [3.8, 4) is 11.4 Å². The van der Waals surface area contributed by atoms with Crippen molar-refractivity contribution >= 4 is 23.3 Å². The van der Waals surface area contributed by atoms with Gasteiger partial charge in [0.05, 0.1) is 19.3 Å². The van der Waals surface area contributed by atoms with Gasteiger partial charge in [0, 0.05) is 44.0 Å². The number of piperazine rings is 1. The third kappa shape index (κ3) is 4.78. The molecule has 9 nitrogen and oxygen atoms in total. The number of fused-ring (bicyclic) bond motifs is 1. The van der Waals surface area contributed by atoms with Crippen LogP contribution in [0.3, 0.4) is 0 Å². The van der Waals surface area contributed by atoms with Crippen LogP contribution in [0.5, 0.6) is 5.75 Å². The minimum absolute atomic E-state index is 0.0977. The summed E-state index contributed by atoms with van der Waals surface area (Å²) in [4.78, 5) is 32.7. The van der Waals surface area contributed by atoms with E-state index >= 15 is 0 Å². The van der Waals surface area contributed by atoms with Crippen molar-refractivity contribution in [3.05, 3.63) is 65.9 Å². The Morgan fingerprint density at radius 3 is 2.37 bits per heavy atom. The summed E-state index contributed by atoms with van der Waals surface area (Å²) < 4.78 is 6.92. The Labute approximate surface area is 204 Å². The van der Waals surface area contributed by atoms with E-state index in [4.69, 9.17) is 4.74 Å². The average molecular weight is 475 g/mol. The highest BCUT2D eigenvalue weighted by molar-refractivity contribution is 6.08. The monoisotopic (exact) mass is 474 g/mol. The van der Waals surface area contributed by atoms with Gasteiger partial charge in [-0.1, -0.05) is 18.2 Å². The number of carbonyl (C=O) groups excluding carboxylic acids is 2. The molecule has 0 spiro atoms. The largest absolute Gasteiger partial charge is 0.497 e. The number of hydrogen-bond donors (Lipinski definition) is 1. The summed E-state index contributed by atoms with van der Waals surface area (Å²) >= 11 is 0. The van der Waals surface area contributed by atoms with Crippen LogP contribution in [-0.2, 0) is 11.2 Å².